The SMILES string of the molecule is CC(C)C1OCC2(CCNCC2)O1. The Balaban J connectivity index is 1.94. The van der Waals surface area contributed by atoms with E-state index in [0.717, 1.165) is 32.5 Å². The standard InChI is InChI=1S/C10H19NO2/c1-8(2)9-12-7-10(13-9)3-5-11-6-4-10/h8-9,11H,3-7H2,1-2H3. The summed E-state index contributed by atoms with van der Waals surface area (Å²) in [5.74, 6) is 0.467. The summed E-state index contributed by atoms with van der Waals surface area (Å²) in [6.45, 7) is 7.20. The van der Waals surface area contributed by atoms with Crippen molar-refractivity contribution < 1.29 is 9.47 Å². The Labute approximate surface area is 79.8 Å². The third kappa shape index (κ3) is 1.87. The zero-order valence-electron chi connectivity index (χ0n) is 8.51. The average Bonchev–Trinajstić information content (AvgIpc) is 2.51. The van der Waals surface area contributed by atoms with Crippen molar-refractivity contribution in [2.24, 2.45) is 5.92 Å². The molecule has 1 unspecified atom stereocenters. The van der Waals surface area contributed by atoms with E-state index in [0.29, 0.717) is 5.92 Å². The van der Waals surface area contributed by atoms with Gasteiger partial charge in [-0.15, -0.1) is 0 Å². The fraction of sp³-hybridized carbons (Fsp3) is 1.00. The molecule has 0 aliphatic carbocycles. The monoisotopic (exact) mass is 185 g/mol. The van der Waals surface area contributed by atoms with E-state index in [4.69, 9.17) is 9.47 Å². The van der Waals surface area contributed by atoms with Crippen molar-refractivity contribution in [3.63, 3.8) is 0 Å². The lowest BCUT2D eigenvalue weighted by Gasteiger charge is -2.32. The maximum atomic E-state index is 5.99. The molecule has 2 heterocycles. The lowest BCUT2D eigenvalue weighted by molar-refractivity contribution is -0.121. The van der Waals surface area contributed by atoms with Gasteiger partial charge in [0.25, 0.3) is 0 Å². The fourth-order valence-corrected chi connectivity index (χ4v) is 2.02. The summed E-state index contributed by atoms with van der Waals surface area (Å²) in [4.78, 5) is 0. The molecular formula is C10H19NO2. The predicted octanol–water partition coefficient (Wildman–Crippen LogP) is 1.14. The number of hydrogen-bond donors (Lipinski definition) is 1. The van der Waals surface area contributed by atoms with Gasteiger partial charge in [0.2, 0.25) is 0 Å². The molecule has 13 heavy (non-hydrogen) atoms. The Hall–Kier alpha value is -0.120. The second-order valence-electron chi connectivity index (χ2n) is 4.47. The van der Waals surface area contributed by atoms with Crippen LogP contribution in [0.4, 0.5) is 0 Å². The first-order chi connectivity index (χ1) is 6.22. The third-order valence-electron chi connectivity index (χ3n) is 2.94. The Morgan fingerprint density at radius 2 is 2.00 bits per heavy atom. The number of rotatable bonds is 1. The van der Waals surface area contributed by atoms with Crippen molar-refractivity contribution in [1.82, 2.24) is 5.32 Å². The van der Waals surface area contributed by atoms with Crippen LogP contribution in [-0.4, -0.2) is 31.6 Å². The molecule has 1 atom stereocenters. The van der Waals surface area contributed by atoms with E-state index in [9.17, 15) is 0 Å². The van der Waals surface area contributed by atoms with Crippen LogP contribution in [0.25, 0.3) is 0 Å². The summed E-state index contributed by atoms with van der Waals surface area (Å²) in [6, 6.07) is 0. The largest absolute Gasteiger partial charge is 0.349 e. The van der Waals surface area contributed by atoms with Crippen LogP contribution >= 0.6 is 0 Å². The zero-order chi connectivity index (χ0) is 9.31. The molecule has 1 spiro atoms. The van der Waals surface area contributed by atoms with Crippen molar-refractivity contribution in [3.05, 3.63) is 0 Å². The van der Waals surface area contributed by atoms with Crippen LogP contribution in [0, 0.1) is 5.92 Å². The summed E-state index contributed by atoms with van der Waals surface area (Å²) in [5, 5.41) is 3.34. The number of hydrogen-bond acceptors (Lipinski definition) is 3. The Morgan fingerprint density at radius 1 is 1.31 bits per heavy atom. The Bertz CT molecular complexity index is 176. The van der Waals surface area contributed by atoms with Gasteiger partial charge in [-0.05, 0) is 25.9 Å². The van der Waals surface area contributed by atoms with Crippen LogP contribution in [0.5, 0.6) is 0 Å². The molecule has 0 radical (unpaired) electrons. The second-order valence-corrected chi connectivity index (χ2v) is 4.47. The second kappa shape index (κ2) is 3.56. The predicted molar refractivity (Wildman–Crippen MR) is 50.5 cm³/mol. The molecule has 3 heteroatoms. The van der Waals surface area contributed by atoms with Gasteiger partial charge in [0.05, 0.1) is 12.2 Å². The molecule has 2 saturated heterocycles. The summed E-state index contributed by atoms with van der Waals surface area (Å²) in [5.41, 5.74) is 0.0419. The van der Waals surface area contributed by atoms with Crippen molar-refractivity contribution in [3.8, 4) is 0 Å². The highest BCUT2D eigenvalue weighted by Crippen LogP contribution is 2.33. The van der Waals surface area contributed by atoms with Crippen LogP contribution in [0.15, 0.2) is 0 Å². The molecule has 0 saturated carbocycles. The van der Waals surface area contributed by atoms with Crippen LogP contribution < -0.4 is 5.32 Å². The minimum Gasteiger partial charge on any atom is -0.349 e. The minimum absolute atomic E-state index is 0.0260. The van der Waals surface area contributed by atoms with E-state index >= 15 is 0 Å². The number of ether oxygens (including phenoxy) is 2. The van der Waals surface area contributed by atoms with Gasteiger partial charge in [0.15, 0.2) is 6.29 Å². The summed E-state index contributed by atoms with van der Waals surface area (Å²) < 4.78 is 11.6. The van der Waals surface area contributed by atoms with E-state index in [1.807, 2.05) is 0 Å². The van der Waals surface area contributed by atoms with Crippen LogP contribution in [0.1, 0.15) is 26.7 Å². The quantitative estimate of drug-likeness (QED) is 0.664. The van der Waals surface area contributed by atoms with Gasteiger partial charge < -0.3 is 14.8 Å². The van der Waals surface area contributed by atoms with Gasteiger partial charge in [-0.1, -0.05) is 13.8 Å². The Kier molecular flexibility index (Phi) is 2.58. The first-order valence-electron chi connectivity index (χ1n) is 5.22. The maximum Gasteiger partial charge on any atom is 0.160 e. The molecule has 0 amide bonds. The molecule has 3 nitrogen and oxygen atoms in total. The van der Waals surface area contributed by atoms with E-state index < -0.39 is 0 Å². The molecular weight excluding hydrogens is 166 g/mol. The van der Waals surface area contributed by atoms with Crippen molar-refractivity contribution >= 4 is 0 Å². The van der Waals surface area contributed by atoms with Crippen molar-refractivity contribution in [1.29, 1.82) is 0 Å². The smallest absolute Gasteiger partial charge is 0.160 e. The molecule has 2 aliphatic heterocycles. The van der Waals surface area contributed by atoms with E-state index in [-0.39, 0.29) is 11.9 Å². The lowest BCUT2D eigenvalue weighted by Crippen LogP contribution is -2.44. The summed E-state index contributed by atoms with van der Waals surface area (Å²) in [7, 11) is 0. The van der Waals surface area contributed by atoms with Gasteiger partial charge >= 0.3 is 0 Å². The van der Waals surface area contributed by atoms with E-state index in [1.54, 1.807) is 0 Å². The zero-order valence-corrected chi connectivity index (χ0v) is 8.51. The Morgan fingerprint density at radius 3 is 2.54 bits per heavy atom. The van der Waals surface area contributed by atoms with Gasteiger partial charge in [0.1, 0.15) is 0 Å². The third-order valence-corrected chi connectivity index (χ3v) is 2.94. The van der Waals surface area contributed by atoms with Crippen molar-refractivity contribution in [2.75, 3.05) is 19.7 Å². The summed E-state index contributed by atoms with van der Waals surface area (Å²) >= 11 is 0. The molecule has 1 N–H and O–H groups in total. The first kappa shape index (κ1) is 9.44. The van der Waals surface area contributed by atoms with Gasteiger partial charge in [-0.3, -0.25) is 0 Å². The number of nitrogens with one attached hydrogen (secondary N) is 1. The molecule has 2 fully saturated rings. The average molecular weight is 185 g/mol. The normalized spacial score (nSPS) is 33.0. The van der Waals surface area contributed by atoms with Crippen molar-refractivity contribution in [2.45, 2.75) is 38.6 Å². The highest BCUT2D eigenvalue weighted by Gasteiger charge is 2.42. The molecule has 0 aromatic rings. The van der Waals surface area contributed by atoms with Gasteiger partial charge in [0, 0.05) is 5.92 Å². The molecule has 0 aromatic carbocycles. The van der Waals surface area contributed by atoms with Crippen LogP contribution in [0.2, 0.25) is 0 Å². The van der Waals surface area contributed by atoms with E-state index in [2.05, 4.69) is 19.2 Å². The molecule has 76 valence electrons. The highest BCUT2D eigenvalue weighted by molar-refractivity contribution is 4.90. The highest BCUT2D eigenvalue weighted by atomic mass is 16.7. The molecule has 2 aliphatic rings. The van der Waals surface area contributed by atoms with Gasteiger partial charge in [-0.2, -0.15) is 0 Å². The number of piperidine rings is 1. The topological polar surface area (TPSA) is 30.5 Å². The maximum absolute atomic E-state index is 5.99. The lowest BCUT2D eigenvalue weighted by atomic mass is 9.93. The summed E-state index contributed by atoms with van der Waals surface area (Å²) in [6.07, 6.45) is 2.21. The molecule has 2 rings (SSSR count). The molecule has 0 bridgehead atoms. The van der Waals surface area contributed by atoms with Crippen LogP contribution in [0.3, 0.4) is 0 Å². The molecule has 0 aromatic heterocycles. The minimum atomic E-state index is 0.0260. The van der Waals surface area contributed by atoms with E-state index in [1.165, 1.54) is 0 Å². The van der Waals surface area contributed by atoms with Gasteiger partial charge in [-0.25, -0.2) is 0 Å². The fourth-order valence-electron chi connectivity index (χ4n) is 2.02. The van der Waals surface area contributed by atoms with Crippen LogP contribution in [-0.2, 0) is 9.47 Å². The first-order valence-corrected chi connectivity index (χ1v) is 5.22.